The first-order valence-corrected chi connectivity index (χ1v) is 12.1. The molecule has 0 atom stereocenters. The van der Waals surface area contributed by atoms with Gasteiger partial charge in [-0.25, -0.2) is 0 Å². The van der Waals surface area contributed by atoms with E-state index in [1.807, 2.05) is 30.7 Å². The van der Waals surface area contributed by atoms with Gasteiger partial charge in [0.05, 0.1) is 27.1 Å². The van der Waals surface area contributed by atoms with Crippen LogP contribution in [0.15, 0.2) is 116 Å². The predicted molar refractivity (Wildman–Crippen MR) is 141 cm³/mol. The fraction of sp³-hybridized carbons (Fsp3) is 0. The third kappa shape index (κ3) is 2.58. The molecular formula is C32H20N4. The average Bonchev–Trinajstić information content (AvgIpc) is 3.55. The minimum atomic E-state index is 0.893. The van der Waals surface area contributed by atoms with Gasteiger partial charge < -0.3 is 9.55 Å². The van der Waals surface area contributed by atoms with E-state index < -0.39 is 0 Å². The average molecular weight is 461 g/mol. The number of aromatic nitrogens is 4. The molecule has 0 fully saturated rings. The van der Waals surface area contributed by atoms with Crippen LogP contribution in [0, 0.1) is 42.1 Å². The van der Waals surface area contributed by atoms with Gasteiger partial charge in [0.1, 0.15) is 0 Å². The number of fused-ring (bicyclic) bond motifs is 7. The van der Waals surface area contributed by atoms with Crippen molar-refractivity contribution in [3.63, 3.8) is 0 Å². The van der Waals surface area contributed by atoms with Crippen LogP contribution in [-0.2, 0) is 0 Å². The van der Waals surface area contributed by atoms with E-state index in [2.05, 4.69) is 94.5 Å². The maximum atomic E-state index is 4.83. The molecule has 0 unspecified atom stereocenters. The smallest absolute Gasteiger partial charge is 0.0985 e. The number of nitrogens with one attached hydrogen (secondary N) is 1. The summed E-state index contributed by atoms with van der Waals surface area (Å²) in [5.74, 6) is 0. The quantitative estimate of drug-likeness (QED) is 0.310. The zero-order valence-electron chi connectivity index (χ0n) is 19.3. The molecule has 4 heteroatoms. The van der Waals surface area contributed by atoms with Crippen LogP contribution in [0.2, 0.25) is 0 Å². The Hall–Kier alpha value is -4.96. The van der Waals surface area contributed by atoms with Crippen molar-refractivity contribution in [3.05, 3.63) is 158 Å². The molecule has 0 amide bonds. The molecule has 1 aliphatic rings. The van der Waals surface area contributed by atoms with Crippen molar-refractivity contribution in [3.8, 4) is 5.69 Å². The summed E-state index contributed by atoms with van der Waals surface area (Å²) in [6, 6.07) is 34.5. The van der Waals surface area contributed by atoms with Gasteiger partial charge in [0.15, 0.2) is 0 Å². The SMILES string of the molecule is c1cnc2/c(c1)=c1/cc(-n3c4ccccc4c4ccccc43)cc/c1=c1\cc[nH]\c1=c1/cccn/c1=2. The van der Waals surface area contributed by atoms with Gasteiger partial charge in [-0.2, -0.15) is 0 Å². The highest BCUT2D eigenvalue weighted by Gasteiger charge is 2.12. The first-order valence-electron chi connectivity index (χ1n) is 12.1. The van der Waals surface area contributed by atoms with Crippen LogP contribution in [0.1, 0.15) is 0 Å². The van der Waals surface area contributed by atoms with Crippen molar-refractivity contribution in [2.75, 3.05) is 0 Å². The predicted octanol–water partition coefficient (Wildman–Crippen LogP) is 6.36. The van der Waals surface area contributed by atoms with Gasteiger partial charge in [-0.3, -0.25) is 9.97 Å². The molecule has 0 spiro atoms. The van der Waals surface area contributed by atoms with Crippen molar-refractivity contribution >= 4 is 21.8 Å². The maximum Gasteiger partial charge on any atom is 0.0985 e. The molecule has 4 nitrogen and oxygen atoms in total. The molecule has 0 aliphatic heterocycles. The molecular weight excluding hydrogens is 440 g/mol. The third-order valence-corrected chi connectivity index (χ3v) is 7.28. The van der Waals surface area contributed by atoms with E-state index in [1.54, 1.807) is 0 Å². The molecule has 1 aliphatic carbocycles. The molecule has 168 valence electrons. The first-order chi connectivity index (χ1) is 17.9. The van der Waals surface area contributed by atoms with E-state index in [9.17, 15) is 0 Å². The van der Waals surface area contributed by atoms with Crippen LogP contribution < -0.4 is 0 Å². The Morgan fingerprint density at radius 3 is 1.94 bits per heavy atom. The van der Waals surface area contributed by atoms with Crippen molar-refractivity contribution < 1.29 is 0 Å². The molecule has 4 aromatic heterocycles. The van der Waals surface area contributed by atoms with E-state index in [0.29, 0.717) is 0 Å². The van der Waals surface area contributed by atoms with E-state index in [4.69, 9.17) is 9.97 Å². The number of rotatable bonds is 1. The molecule has 0 saturated heterocycles. The number of benzene rings is 3. The number of aromatic amines is 1. The van der Waals surface area contributed by atoms with Crippen LogP contribution >= 0.6 is 0 Å². The third-order valence-electron chi connectivity index (χ3n) is 7.28. The summed E-state index contributed by atoms with van der Waals surface area (Å²) in [5, 5.41) is 11.0. The molecule has 8 rings (SSSR count). The Labute approximate surface area is 204 Å². The Morgan fingerprint density at radius 1 is 0.528 bits per heavy atom. The minimum absolute atomic E-state index is 0.893. The summed E-state index contributed by atoms with van der Waals surface area (Å²) in [6.45, 7) is 0. The largest absolute Gasteiger partial charge is 0.361 e. The van der Waals surface area contributed by atoms with Crippen LogP contribution in [0.25, 0.3) is 27.5 Å². The lowest BCUT2D eigenvalue weighted by atomic mass is 10.1. The van der Waals surface area contributed by atoms with Crippen LogP contribution in [0.3, 0.4) is 0 Å². The van der Waals surface area contributed by atoms with Crippen molar-refractivity contribution in [2.24, 2.45) is 0 Å². The molecule has 7 aromatic rings. The molecule has 36 heavy (non-hydrogen) atoms. The monoisotopic (exact) mass is 460 g/mol. The minimum Gasteiger partial charge on any atom is -0.361 e. The molecule has 1 N–H and O–H groups in total. The lowest BCUT2D eigenvalue weighted by molar-refractivity contribution is 1.08. The van der Waals surface area contributed by atoms with Gasteiger partial charge in [-0.1, -0.05) is 48.5 Å². The number of pyridine rings is 2. The Kier molecular flexibility index (Phi) is 3.91. The fourth-order valence-corrected chi connectivity index (χ4v) is 5.75. The van der Waals surface area contributed by atoms with Gasteiger partial charge >= 0.3 is 0 Å². The number of para-hydroxylation sites is 2. The van der Waals surface area contributed by atoms with Gasteiger partial charge in [0.25, 0.3) is 0 Å². The highest BCUT2D eigenvalue weighted by atomic mass is 15.0. The van der Waals surface area contributed by atoms with E-state index >= 15 is 0 Å². The molecule has 3 aromatic carbocycles. The number of H-pyrrole nitrogens is 1. The Balaban J connectivity index is 1.68. The summed E-state index contributed by atoms with van der Waals surface area (Å²) in [6.07, 6.45) is 5.71. The second-order valence-corrected chi connectivity index (χ2v) is 9.17. The van der Waals surface area contributed by atoms with Gasteiger partial charge in [-0.15, -0.1) is 0 Å². The molecule has 4 heterocycles. The Bertz CT molecular complexity index is 2330. The van der Waals surface area contributed by atoms with E-state index in [-0.39, 0.29) is 0 Å². The highest BCUT2D eigenvalue weighted by Crippen LogP contribution is 2.31. The zero-order valence-corrected chi connectivity index (χ0v) is 19.3. The molecule has 0 bridgehead atoms. The summed E-state index contributed by atoms with van der Waals surface area (Å²) in [7, 11) is 0. The van der Waals surface area contributed by atoms with Crippen LogP contribution in [0.4, 0.5) is 0 Å². The summed E-state index contributed by atoms with van der Waals surface area (Å²) in [5.41, 5.74) is 3.52. The summed E-state index contributed by atoms with van der Waals surface area (Å²) < 4.78 is 2.37. The van der Waals surface area contributed by atoms with Crippen LogP contribution in [0.5, 0.6) is 0 Å². The number of hydrogen-bond acceptors (Lipinski definition) is 2. The van der Waals surface area contributed by atoms with Gasteiger partial charge in [0.2, 0.25) is 0 Å². The summed E-state index contributed by atoms with van der Waals surface area (Å²) in [4.78, 5) is 13.1. The maximum absolute atomic E-state index is 4.83. The second-order valence-electron chi connectivity index (χ2n) is 9.17. The lowest BCUT2D eigenvalue weighted by Gasteiger charge is -2.09. The standard InChI is InChI=1S/C32H20N4/c1-3-11-28-22(7-1)23-8-2-4-12-29(23)36(28)20-13-14-21-25-15-18-35-30(25)26-10-6-17-34-32(26)31-24(27(21)19-20)9-5-16-33-31/h1-19,35H/b25-21-,27-24-,30-26+,32-31-. The zero-order chi connectivity index (χ0) is 23.6. The van der Waals surface area contributed by atoms with Gasteiger partial charge in [0, 0.05) is 50.7 Å². The molecule has 0 radical (unpaired) electrons. The van der Waals surface area contributed by atoms with E-state index in [1.165, 1.54) is 32.2 Å². The summed E-state index contributed by atoms with van der Waals surface area (Å²) >= 11 is 0. The Morgan fingerprint density at radius 2 is 1.19 bits per heavy atom. The van der Waals surface area contributed by atoms with Crippen molar-refractivity contribution in [1.29, 1.82) is 0 Å². The van der Waals surface area contributed by atoms with Crippen molar-refractivity contribution in [2.45, 2.75) is 0 Å². The molecule has 0 saturated carbocycles. The van der Waals surface area contributed by atoms with Crippen molar-refractivity contribution in [1.82, 2.24) is 19.5 Å². The van der Waals surface area contributed by atoms with E-state index in [0.717, 1.165) is 37.4 Å². The number of nitrogens with zero attached hydrogens (tertiary/aromatic N) is 3. The second kappa shape index (κ2) is 7.27. The van der Waals surface area contributed by atoms with Crippen LogP contribution in [-0.4, -0.2) is 19.5 Å². The normalized spacial score (nSPS) is 15.9. The number of hydrogen-bond donors (Lipinski definition) is 1. The topological polar surface area (TPSA) is 46.5 Å². The fourth-order valence-electron chi connectivity index (χ4n) is 5.75. The van der Waals surface area contributed by atoms with Gasteiger partial charge in [-0.05, 0) is 59.0 Å². The lowest BCUT2D eigenvalue weighted by Crippen LogP contribution is -1.96. The first kappa shape index (κ1) is 19.4. The highest BCUT2D eigenvalue weighted by molar-refractivity contribution is 6.09.